The predicted octanol–water partition coefficient (Wildman–Crippen LogP) is 4.92. The third-order valence-electron chi connectivity index (χ3n) is 5.76. The Morgan fingerprint density at radius 3 is 2.53 bits per heavy atom. The SMILES string of the molecule is C=CCn1c(C)cc(C(=O)CSc2nnc(C(CC)N(C)C)n2Cc2ccccc2)c1C. The number of carbonyl (C=O) groups excluding carboxylic acids is 1. The van der Waals surface area contributed by atoms with Crippen molar-refractivity contribution in [2.24, 2.45) is 0 Å². The summed E-state index contributed by atoms with van der Waals surface area (Å²) in [4.78, 5) is 15.2. The fourth-order valence-electron chi connectivity index (χ4n) is 4.05. The van der Waals surface area contributed by atoms with Crippen LogP contribution in [0.5, 0.6) is 0 Å². The molecule has 0 aliphatic heterocycles. The van der Waals surface area contributed by atoms with Gasteiger partial charge in [-0.15, -0.1) is 16.8 Å². The number of hydrogen-bond acceptors (Lipinski definition) is 5. The minimum Gasteiger partial charge on any atom is -0.345 e. The molecule has 0 fully saturated rings. The molecule has 0 N–H and O–H groups in total. The van der Waals surface area contributed by atoms with Gasteiger partial charge in [0.05, 0.1) is 18.3 Å². The molecular weight excluding hydrogens is 418 g/mol. The van der Waals surface area contributed by atoms with Gasteiger partial charge in [-0.2, -0.15) is 0 Å². The number of hydrogen-bond donors (Lipinski definition) is 0. The van der Waals surface area contributed by atoms with Crippen molar-refractivity contribution >= 4 is 17.5 Å². The van der Waals surface area contributed by atoms with Gasteiger partial charge >= 0.3 is 0 Å². The molecule has 0 bridgehead atoms. The van der Waals surface area contributed by atoms with Gasteiger partial charge in [0.1, 0.15) is 0 Å². The standard InChI is InChI=1S/C25H33N5OS/c1-7-14-29-18(3)15-21(19(29)4)23(31)17-32-25-27-26-24(22(8-2)28(5)6)30(25)16-20-12-10-9-11-13-20/h7,9-13,15,22H,1,8,14,16-17H2,2-6H3. The first-order valence-electron chi connectivity index (χ1n) is 10.9. The van der Waals surface area contributed by atoms with Gasteiger partial charge in [-0.3, -0.25) is 9.69 Å². The Kier molecular flexibility index (Phi) is 8.10. The molecule has 0 aliphatic carbocycles. The lowest BCUT2D eigenvalue weighted by Crippen LogP contribution is -2.23. The average molecular weight is 452 g/mol. The smallest absolute Gasteiger partial charge is 0.192 e. The van der Waals surface area contributed by atoms with Crippen LogP contribution in [0.4, 0.5) is 0 Å². The molecule has 3 rings (SSSR count). The second kappa shape index (κ2) is 10.8. The van der Waals surface area contributed by atoms with Crippen molar-refractivity contribution in [1.82, 2.24) is 24.2 Å². The zero-order chi connectivity index (χ0) is 23.3. The Morgan fingerprint density at radius 2 is 1.91 bits per heavy atom. The van der Waals surface area contributed by atoms with Crippen LogP contribution in [0.15, 0.2) is 54.2 Å². The summed E-state index contributed by atoms with van der Waals surface area (Å²) in [6.07, 6.45) is 2.78. The summed E-state index contributed by atoms with van der Waals surface area (Å²) < 4.78 is 4.27. The number of rotatable bonds is 11. The maximum Gasteiger partial charge on any atom is 0.192 e. The van der Waals surface area contributed by atoms with Crippen LogP contribution in [-0.4, -0.2) is 49.9 Å². The van der Waals surface area contributed by atoms with Gasteiger partial charge in [0.15, 0.2) is 16.8 Å². The molecule has 2 heterocycles. The number of benzene rings is 1. The molecule has 0 amide bonds. The van der Waals surface area contributed by atoms with E-state index in [0.29, 0.717) is 18.8 Å². The zero-order valence-electron chi connectivity index (χ0n) is 19.7. The summed E-state index contributed by atoms with van der Waals surface area (Å²) in [5, 5.41) is 9.80. The number of carbonyl (C=O) groups is 1. The normalized spacial score (nSPS) is 12.3. The van der Waals surface area contributed by atoms with E-state index in [9.17, 15) is 4.79 Å². The van der Waals surface area contributed by atoms with Gasteiger partial charge in [-0.05, 0) is 46.0 Å². The van der Waals surface area contributed by atoms with E-state index in [0.717, 1.165) is 34.4 Å². The fourth-order valence-corrected chi connectivity index (χ4v) is 4.88. The summed E-state index contributed by atoms with van der Waals surface area (Å²) in [5.41, 5.74) is 4.01. The van der Waals surface area contributed by atoms with Gasteiger partial charge in [0.25, 0.3) is 0 Å². The molecule has 0 saturated carbocycles. The molecular formula is C25H33N5OS. The number of aryl methyl sites for hydroxylation is 1. The summed E-state index contributed by atoms with van der Waals surface area (Å²) in [6, 6.07) is 12.4. The van der Waals surface area contributed by atoms with Crippen molar-refractivity contribution in [2.75, 3.05) is 19.8 Å². The highest BCUT2D eigenvalue weighted by atomic mass is 32.2. The van der Waals surface area contributed by atoms with Crippen molar-refractivity contribution < 1.29 is 4.79 Å². The second-order valence-corrected chi connectivity index (χ2v) is 9.14. The van der Waals surface area contributed by atoms with Crippen LogP contribution >= 0.6 is 11.8 Å². The highest BCUT2D eigenvalue weighted by Gasteiger charge is 2.23. The number of nitrogens with zero attached hydrogens (tertiary/aromatic N) is 5. The first-order chi connectivity index (χ1) is 15.4. The lowest BCUT2D eigenvalue weighted by Gasteiger charge is -2.23. The van der Waals surface area contributed by atoms with E-state index in [1.807, 2.05) is 44.2 Å². The van der Waals surface area contributed by atoms with Gasteiger partial charge in [0, 0.05) is 23.5 Å². The van der Waals surface area contributed by atoms with Gasteiger partial charge in [-0.1, -0.05) is 55.1 Å². The van der Waals surface area contributed by atoms with Crippen molar-refractivity contribution in [3.63, 3.8) is 0 Å². The lowest BCUT2D eigenvalue weighted by atomic mass is 10.2. The summed E-state index contributed by atoms with van der Waals surface area (Å²) >= 11 is 1.46. The van der Waals surface area contributed by atoms with Crippen molar-refractivity contribution in [1.29, 1.82) is 0 Å². The number of aromatic nitrogens is 4. The zero-order valence-corrected chi connectivity index (χ0v) is 20.5. The van der Waals surface area contributed by atoms with Crippen LogP contribution < -0.4 is 0 Å². The van der Waals surface area contributed by atoms with Crippen LogP contribution in [0.3, 0.4) is 0 Å². The maximum absolute atomic E-state index is 13.1. The minimum absolute atomic E-state index is 0.105. The number of thioether (sulfide) groups is 1. The molecule has 0 saturated heterocycles. The van der Waals surface area contributed by atoms with E-state index in [1.165, 1.54) is 17.3 Å². The fraction of sp³-hybridized carbons (Fsp3) is 0.400. The molecule has 6 nitrogen and oxygen atoms in total. The highest BCUT2D eigenvalue weighted by Crippen LogP contribution is 2.27. The monoisotopic (exact) mass is 451 g/mol. The summed E-state index contributed by atoms with van der Waals surface area (Å²) in [5.74, 6) is 1.36. The molecule has 170 valence electrons. The molecule has 0 radical (unpaired) electrons. The molecule has 0 spiro atoms. The van der Waals surface area contributed by atoms with E-state index < -0.39 is 0 Å². The quantitative estimate of drug-likeness (QED) is 0.235. The molecule has 0 aliphatic rings. The topological polar surface area (TPSA) is 56.0 Å². The Balaban J connectivity index is 1.86. The Bertz CT molecular complexity index is 1070. The van der Waals surface area contributed by atoms with Gasteiger partial charge < -0.3 is 9.13 Å². The van der Waals surface area contributed by atoms with Gasteiger partial charge in [-0.25, -0.2) is 0 Å². The maximum atomic E-state index is 13.1. The molecule has 1 atom stereocenters. The van der Waals surface area contributed by atoms with Crippen molar-refractivity contribution in [3.8, 4) is 0 Å². The first kappa shape index (κ1) is 24.0. The van der Waals surface area contributed by atoms with Crippen LogP contribution in [-0.2, 0) is 13.1 Å². The minimum atomic E-state index is 0.105. The van der Waals surface area contributed by atoms with E-state index in [1.54, 1.807) is 0 Å². The highest BCUT2D eigenvalue weighted by molar-refractivity contribution is 7.99. The summed E-state index contributed by atoms with van der Waals surface area (Å²) in [6.45, 7) is 11.4. The number of Topliss-reactive ketones (excluding diaryl/α,β-unsaturated/α-hetero) is 1. The Hall–Kier alpha value is -2.64. The molecule has 7 heteroatoms. The van der Waals surface area contributed by atoms with Crippen LogP contribution in [0.1, 0.15) is 52.5 Å². The van der Waals surface area contributed by atoms with E-state index in [4.69, 9.17) is 0 Å². The number of allylic oxidation sites excluding steroid dienone is 1. The number of ketones is 1. The Labute approximate surface area is 195 Å². The lowest BCUT2D eigenvalue weighted by molar-refractivity contribution is 0.102. The van der Waals surface area contributed by atoms with E-state index in [-0.39, 0.29) is 11.8 Å². The Morgan fingerprint density at radius 1 is 1.19 bits per heavy atom. The van der Waals surface area contributed by atoms with Crippen LogP contribution in [0.25, 0.3) is 0 Å². The molecule has 1 unspecified atom stereocenters. The molecule has 32 heavy (non-hydrogen) atoms. The van der Waals surface area contributed by atoms with Crippen LogP contribution in [0, 0.1) is 13.8 Å². The molecule has 2 aromatic heterocycles. The largest absolute Gasteiger partial charge is 0.345 e. The summed E-state index contributed by atoms with van der Waals surface area (Å²) in [7, 11) is 4.12. The predicted molar refractivity (Wildman–Crippen MR) is 131 cm³/mol. The third-order valence-corrected chi connectivity index (χ3v) is 6.72. The molecule has 3 aromatic rings. The van der Waals surface area contributed by atoms with E-state index >= 15 is 0 Å². The van der Waals surface area contributed by atoms with Crippen molar-refractivity contribution in [2.45, 2.75) is 51.5 Å². The first-order valence-corrected chi connectivity index (χ1v) is 11.9. The van der Waals surface area contributed by atoms with Crippen molar-refractivity contribution in [3.05, 3.63) is 77.4 Å². The van der Waals surface area contributed by atoms with Crippen LogP contribution in [0.2, 0.25) is 0 Å². The average Bonchev–Trinajstić information content (AvgIpc) is 3.29. The second-order valence-electron chi connectivity index (χ2n) is 8.20. The van der Waals surface area contributed by atoms with E-state index in [2.05, 4.69) is 64.0 Å². The third kappa shape index (κ3) is 5.22. The molecule has 1 aromatic carbocycles. The van der Waals surface area contributed by atoms with Gasteiger partial charge in [0.2, 0.25) is 0 Å².